The molecule has 0 bridgehead atoms. The Hall–Kier alpha value is -1.64. The molecule has 0 aliphatic rings. The zero-order chi connectivity index (χ0) is 11.5. The van der Waals surface area contributed by atoms with Crippen LogP contribution in [0, 0.1) is 6.92 Å². The normalized spacial score (nSPS) is 10.7. The molecule has 0 saturated carbocycles. The fourth-order valence-electron chi connectivity index (χ4n) is 1.73. The van der Waals surface area contributed by atoms with Gasteiger partial charge in [0.2, 0.25) is 0 Å². The highest BCUT2D eigenvalue weighted by molar-refractivity contribution is 5.29. The van der Waals surface area contributed by atoms with Crippen LogP contribution in [0.3, 0.4) is 0 Å². The van der Waals surface area contributed by atoms with Gasteiger partial charge in [-0.2, -0.15) is 5.10 Å². The lowest BCUT2D eigenvalue weighted by atomic mass is 10.2. The number of aromatic nitrogens is 3. The lowest BCUT2D eigenvalue weighted by Gasteiger charge is -2.04. The molecular weight excluding hydrogens is 198 g/mol. The number of hydrogen-bond donors (Lipinski definition) is 0. The van der Waals surface area contributed by atoms with Crippen LogP contribution < -0.4 is 0 Å². The summed E-state index contributed by atoms with van der Waals surface area (Å²) in [5, 5.41) is 4.57. The van der Waals surface area contributed by atoms with Gasteiger partial charge < -0.3 is 0 Å². The minimum Gasteiger partial charge on any atom is -0.237 e. The molecule has 2 rings (SSSR count). The second-order valence-electron chi connectivity index (χ2n) is 3.94. The minimum absolute atomic E-state index is 0.913. The number of pyridine rings is 1. The first kappa shape index (κ1) is 10.9. The first-order valence-corrected chi connectivity index (χ1v) is 5.75. The Bertz CT molecular complexity index is 486. The second kappa shape index (κ2) is 4.47. The quantitative estimate of drug-likeness (QED) is 0.788. The number of aryl methyl sites for hydroxylation is 3. The topological polar surface area (TPSA) is 30.7 Å². The number of nitrogens with zero attached hydrogens (tertiary/aromatic N) is 3. The van der Waals surface area contributed by atoms with Gasteiger partial charge in [-0.25, -0.2) is 9.67 Å². The van der Waals surface area contributed by atoms with Gasteiger partial charge in [-0.1, -0.05) is 13.8 Å². The van der Waals surface area contributed by atoms with E-state index in [2.05, 4.69) is 43.0 Å². The highest BCUT2D eigenvalue weighted by atomic mass is 15.3. The van der Waals surface area contributed by atoms with Gasteiger partial charge in [-0.3, -0.25) is 0 Å². The monoisotopic (exact) mass is 215 g/mol. The molecule has 0 aromatic carbocycles. The molecule has 0 radical (unpaired) electrons. The lowest BCUT2D eigenvalue weighted by Crippen LogP contribution is -2.04. The van der Waals surface area contributed by atoms with Gasteiger partial charge in [-0.05, 0) is 43.5 Å². The molecule has 3 heteroatoms. The molecule has 0 aliphatic carbocycles. The van der Waals surface area contributed by atoms with Crippen molar-refractivity contribution >= 4 is 0 Å². The van der Waals surface area contributed by atoms with Crippen LogP contribution in [0.4, 0.5) is 0 Å². The van der Waals surface area contributed by atoms with Crippen molar-refractivity contribution in [2.24, 2.45) is 0 Å². The smallest absolute Gasteiger partial charge is 0.153 e. The van der Waals surface area contributed by atoms with Crippen molar-refractivity contribution in [2.75, 3.05) is 0 Å². The third-order valence-corrected chi connectivity index (χ3v) is 2.68. The molecule has 3 nitrogen and oxygen atoms in total. The molecular formula is C13H17N3. The minimum atomic E-state index is 0.913. The average Bonchev–Trinajstić information content (AvgIpc) is 2.72. The van der Waals surface area contributed by atoms with E-state index in [1.54, 1.807) is 0 Å². The van der Waals surface area contributed by atoms with Crippen molar-refractivity contribution in [1.29, 1.82) is 0 Å². The average molecular weight is 215 g/mol. The summed E-state index contributed by atoms with van der Waals surface area (Å²) in [6.45, 7) is 6.33. The summed E-state index contributed by atoms with van der Waals surface area (Å²) >= 11 is 0. The predicted octanol–water partition coefficient (Wildman–Crippen LogP) is 2.70. The molecule has 0 amide bonds. The van der Waals surface area contributed by atoms with Crippen molar-refractivity contribution in [3.8, 4) is 5.82 Å². The van der Waals surface area contributed by atoms with Crippen LogP contribution in [-0.4, -0.2) is 14.8 Å². The van der Waals surface area contributed by atoms with Crippen molar-refractivity contribution in [1.82, 2.24) is 14.8 Å². The molecule has 0 atom stereocenters. The Labute approximate surface area is 96.1 Å². The van der Waals surface area contributed by atoms with Crippen LogP contribution in [0.25, 0.3) is 5.82 Å². The molecule has 84 valence electrons. The van der Waals surface area contributed by atoms with E-state index < -0.39 is 0 Å². The Morgan fingerprint density at radius 2 is 2.00 bits per heavy atom. The summed E-state index contributed by atoms with van der Waals surface area (Å²) in [4.78, 5) is 4.37. The molecule has 0 fully saturated rings. The fraction of sp³-hybridized carbons (Fsp3) is 0.385. The molecule has 0 unspecified atom stereocenters. The lowest BCUT2D eigenvalue weighted by molar-refractivity contribution is 0.771. The zero-order valence-corrected chi connectivity index (χ0v) is 10.1. The summed E-state index contributed by atoms with van der Waals surface area (Å²) in [5.41, 5.74) is 3.55. The molecule has 2 aromatic rings. The first-order chi connectivity index (χ1) is 7.74. The van der Waals surface area contributed by atoms with Gasteiger partial charge in [-0.15, -0.1) is 0 Å². The van der Waals surface area contributed by atoms with E-state index >= 15 is 0 Å². The van der Waals surface area contributed by atoms with Gasteiger partial charge in [0, 0.05) is 11.9 Å². The van der Waals surface area contributed by atoms with Gasteiger partial charge in [0.15, 0.2) is 5.82 Å². The van der Waals surface area contributed by atoms with Crippen LogP contribution in [0.5, 0.6) is 0 Å². The van der Waals surface area contributed by atoms with Crippen molar-refractivity contribution < 1.29 is 0 Å². The van der Waals surface area contributed by atoms with E-state index in [9.17, 15) is 0 Å². The standard InChI is InChI=1S/C13H17N3/c1-4-11-9-12(5-2)16(15-11)13-8-10(3)6-7-14-13/h6-9H,4-5H2,1-3H3. The molecule has 0 spiro atoms. The van der Waals surface area contributed by atoms with Gasteiger partial charge >= 0.3 is 0 Å². The third-order valence-electron chi connectivity index (χ3n) is 2.68. The van der Waals surface area contributed by atoms with Gasteiger partial charge in [0.05, 0.1) is 5.69 Å². The summed E-state index contributed by atoms with van der Waals surface area (Å²) in [6, 6.07) is 6.22. The number of hydrogen-bond acceptors (Lipinski definition) is 2. The van der Waals surface area contributed by atoms with E-state index in [1.165, 1.54) is 11.3 Å². The molecule has 0 saturated heterocycles. The van der Waals surface area contributed by atoms with Crippen molar-refractivity contribution in [3.63, 3.8) is 0 Å². The van der Waals surface area contributed by atoms with Crippen LogP contribution in [0.2, 0.25) is 0 Å². The predicted molar refractivity (Wildman–Crippen MR) is 64.9 cm³/mol. The Morgan fingerprint density at radius 3 is 2.62 bits per heavy atom. The van der Waals surface area contributed by atoms with Crippen LogP contribution in [0.15, 0.2) is 24.4 Å². The van der Waals surface area contributed by atoms with E-state index in [4.69, 9.17) is 0 Å². The van der Waals surface area contributed by atoms with E-state index in [0.29, 0.717) is 0 Å². The molecule has 2 heterocycles. The largest absolute Gasteiger partial charge is 0.237 e. The molecule has 16 heavy (non-hydrogen) atoms. The highest BCUT2D eigenvalue weighted by Gasteiger charge is 2.07. The SMILES string of the molecule is CCc1cc(CC)n(-c2cc(C)ccn2)n1. The maximum absolute atomic E-state index is 4.57. The fourth-order valence-corrected chi connectivity index (χ4v) is 1.73. The van der Waals surface area contributed by atoms with Crippen LogP contribution in [-0.2, 0) is 12.8 Å². The van der Waals surface area contributed by atoms with E-state index in [1.807, 2.05) is 16.9 Å². The summed E-state index contributed by atoms with van der Waals surface area (Å²) in [7, 11) is 0. The van der Waals surface area contributed by atoms with Crippen LogP contribution in [0.1, 0.15) is 30.8 Å². The van der Waals surface area contributed by atoms with Gasteiger partial charge in [0.1, 0.15) is 0 Å². The summed E-state index contributed by atoms with van der Waals surface area (Å²) < 4.78 is 1.95. The molecule has 0 aliphatic heterocycles. The van der Waals surface area contributed by atoms with Crippen molar-refractivity contribution in [2.45, 2.75) is 33.6 Å². The number of rotatable bonds is 3. The Morgan fingerprint density at radius 1 is 1.19 bits per heavy atom. The van der Waals surface area contributed by atoms with Crippen molar-refractivity contribution in [3.05, 3.63) is 41.3 Å². The summed E-state index contributed by atoms with van der Waals surface area (Å²) in [5.74, 6) is 0.913. The Balaban J connectivity index is 2.50. The van der Waals surface area contributed by atoms with E-state index in [0.717, 1.165) is 24.4 Å². The molecule has 2 aromatic heterocycles. The summed E-state index contributed by atoms with van der Waals surface area (Å²) in [6.07, 6.45) is 3.77. The zero-order valence-electron chi connectivity index (χ0n) is 10.1. The van der Waals surface area contributed by atoms with E-state index in [-0.39, 0.29) is 0 Å². The highest BCUT2D eigenvalue weighted by Crippen LogP contribution is 2.12. The maximum atomic E-state index is 4.57. The van der Waals surface area contributed by atoms with Crippen LogP contribution >= 0.6 is 0 Å². The first-order valence-electron chi connectivity index (χ1n) is 5.75. The third kappa shape index (κ3) is 1.98. The molecule has 0 N–H and O–H groups in total. The second-order valence-corrected chi connectivity index (χ2v) is 3.94. The Kier molecular flexibility index (Phi) is 3.04. The maximum Gasteiger partial charge on any atom is 0.153 e. The van der Waals surface area contributed by atoms with Gasteiger partial charge in [0.25, 0.3) is 0 Å².